The van der Waals surface area contributed by atoms with Crippen molar-refractivity contribution in [3.63, 3.8) is 0 Å². The number of piperidine rings is 1. The first-order chi connectivity index (χ1) is 25.5. The summed E-state index contributed by atoms with van der Waals surface area (Å²) in [6, 6.07) is 20.2. The number of carbonyl (C=O) groups is 4. The van der Waals surface area contributed by atoms with Crippen molar-refractivity contribution in [2.45, 2.75) is 70.1 Å². The fourth-order valence-electron chi connectivity index (χ4n) is 6.85. The summed E-state index contributed by atoms with van der Waals surface area (Å²) in [6.45, 7) is 6.04. The normalized spacial score (nSPS) is 19.8. The number of hydrogen-bond donors (Lipinski definition) is 2. The average Bonchev–Trinajstić information content (AvgIpc) is 3.67. The van der Waals surface area contributed by atoms with Gasteiger partial charge in [-0.2, -0.15) is 4.98 Å². The molecule has 1 saturated heterocycles. The Bertz CT molecular complexity index is 2250. The summed E-state index contributed by atoms with van der Waals surface area (Å²) in [6.07, 6.45) is 4.83. The summed E-state index contributed by atoms with van der Waals surface area (Å²) in [7, 11) is 0. The number of aryl methyl sites for hydroxylation is 1. The molecule has 1 atom stereocenters. The largest absolute Gasteiger partial charge is 0.490 e. The lowest BCUT2D eigenvalue weighted by Crippen LogP contribution is -2.54. The summed E-state index contributed by atoms with van der Waals surface area (Å²) < 4.78 is 17.3. The number of hydrogen-bond acceptors (Lipinski definition) is 12. The minimum atomic E-state index is -0.991. The van der Waals surface area contributed by atoms with Crippen LogP contribution in [0.4, 0.5) is 5.69 Å². The number of imide groups is 2. The van der Waals surface area contributed by atoms with Crippen LogP contribution in [0.15, 0.2) is 83.6 Å². The van der Waals surface area contributed by atoms with Gasteiger partial charge in [-0.15, -0.1) is 0 Å². The van der Waals surface area contributed by atoms with E-state index in [2.05, 4.69) is 56.7 Å². The van der Waals surface area contributed by atoms with E-state index in [4.69, 9.17) is 14.0 Å². The number of amides is 4. The Kier molecular flexibility index (Phi) is 8.44. The van der Waals surface area contributed by atoms with Crippen LogP contribution in [0.2, 0.25) is 0 Å². The molecule has 5 aromatic rings. The number of aromatic nitrogens is 4. The van der Waals surface area contributed by atoms with Gasteiger partial charge >= 0.3 is 0 Å². The van der Waals surface area contributed by atoms with Crippen LogP contribution in [0.3, 0.4) is 0 Å². The van der Waals surface area contributed by atoms with Gasteiger partial charge in [-0.1, -0.05) is 43.3 Å². The number of benzene rings is 3. The Hall–Kier alpha value is -6.44. The van der Waals surface area contributed by atoms with Gasteiger partial charge in [0.15, 0.2) is 0 Å². The lowest BCUT2D eigenvalue weighted by molar-refractivity contribution is -0.136. The van der Waals surface area contributed by atoms with Gasteiger partial charge in [0, 0.05) is 43.3 Å². The lowest BCUT2D eigenvalue weighted by Gasteiger charge is -2.36. The third-order valence-electron chi connectivity index (χ3n) is 9.95. The van der Waals surface area contributed by atoms with Crippen LogP contribution in [0.25, 0.3) is 11.5 Å². The first kappa shape index (κ1) is 33.7. The maximum absolute atomic E-state index is 13.2. The van der Waals surface area contributed by atoms with Crippen molar-refractivity contribution in [2.75, 3.05) is 5.32 Å². The van der Waals surface area contributed by atoms with Gasteiger partial charge in [0.25, 0.3) is 11.8 Å². The van der Waals surface area contributed by atoms with Crippen LogP contribution >= 0.6 is 0 Å². The van der Waals surface area contributed by atoms with E-state index in [9.17, 15) is 19.2 Å². The molecule has 1 aliphatic carbocycles. The number of anilines is 1. The second-order valence-corrected chi connectivity index (χ2v) is 13.9. The minimum Gasteiger partial charge on any atom is -0.490 e. The lowest BCUT2D eigenvalue weighted by atomic mass is 9.78. The first-order valence-electron chi connectivity index (χ1n) is 17.3. The predicted molar refractivity (Wildman–Crippen MR) is 189 cm³/mol. The molecule has 8 rings (SSSR count). The fourth-order valence-corrected chi connectivity index (χ4v) is 6.85. The molecule has 2 aromatic heterocycles. The molecule has 2 N–H and O–H groups in total. The topological polar surface area (TPSA) is 179 Å². The van der Waals surface area contributed by atoms with E-state index in [0.717, 1.165) is 34.6 Å². The second-order valence-electron chi connectivity index (χ2n) is 13.9. The molecule has 1 unspecified atom stereocenters. The zero-order valence-electron chi connectivity index (χ0n) is 29.2. The highest BCUT2D eigenvalue weighted by Crippen LogP contribution is 2.36. The number of nitrogens with one attached hydrogen (secondary N) is 2. The molecule has 53 heavy (non-hydrogen) atoms. The molecule has 4 amide bonds. The molecule has 2 fully saturated rings. The molecule has 1 saturated carbocycles. The Morgan fingerprint density at radius 2 is 1.57 bits per heavy atom. The van der Waals surface area contributed by atoms with Crippen LogP contribution in [-0.4, -0.2) is 66.8 Å². The Morgan fingerprint density at radius 1 is 0.868 bits per heavy atom. The standard InChI is InChI=1S/C39H35N7O7/c1-21-41-35(45-53-21)31-19-40-20-34(43-31)52-27-11-6-23(7-12-27)39(2,3)22-4-9-26(10-5-22)51-28-16-25(17-28)42-24-8-13-29-30(18-24)38(50)46(37(29)49)32-14-15-33(47)44-36(32)48/h4-13,18-20,25,28,32,42H,14-17H2,1-3H3,(H,44,47,48). The van der Waals surface area contributed by atoms with E-state index in [0.29, 0.717) is 34.7 Å². The molecule has 2 aliphatic heterocycles. The zero-order valence-corrected chi connectivity index (χ0v) is 29.2. The third-order valence-corrected chi connectivity index (χ3v) is 9.95. The maximum Gasteiger partial charge on any atom is 0.262 e. The van der Waals surface area contributed by atoms with E-state index in [1.165, 1.54) is 6.20 Å². The number of rotatable bonds is 10. The van der Waals surface area contributed by atoms with Crippen molar-refractivity contribution in [3.8, 4) is 28.9 Å². The summed E-state index contributed by atoms with van der Waals surface area (Å²) >= 11 is 0. The van der Waals surface area contributed by atoms with E-state index < -0.39 is 29.7 Å². The van der Waals surface area contributed by atoms with Crippen molar-refractivity contribution < 1.29 is 33.2 Å². The van der Waals surface area contributed by atoms with E-state index in [-0.39, 0.29) is 41.5 Å². The summed E-state index contributed by atoms with van der Waals surface area (Å²) in [5.41, 5.74) is 3.61. The van der Waals surface area contributed by atoms with E-state index in [1.807, 2.05) is 36.4 Å². The van der Waals surface area contributed by atoms with Crippen LogP contribution in [-0.2, 0) is 15.0 Å². The highest BCUT2D eigenvalue weighted by atomic mass is 16.5. The predicted octanol–water partition coefficient (Wildman–Crippen LogP) is 5.38. The quantitative estimate of drug-likeness (QED) is 0.177. The van der Waals surface area contributed by atoms with E-state index in [1.54, 1.807) is 31.3 Å². The number of carbonyl (C=O) groups excluding carboxylic acids is 4. The average molecular weight is 714 g/mol. The molecule has 14 heteroatoms. The smallest absolute Gasteiger partial charge is 0.262 e. The zero-order chi connectivity index (χ0) is 36.9. The van der Waals surface area contributed by atoms with Gasteiger partial charge in [-0.05, 0) is 60.0 Å². The number of ether oxygens (including phenoxy) is 2. The second kappa shape index (κ2) is 13.3. The summed E-state index contributed by atoms with van der Waals surface area (Å²) in [5, 5.41) is 9.54. The Morgan fingerprint density at radius 3 is 2.25 bits per heavy atom. The minimum absolute atomic E-state index is 0.0290. The SMILES string of the molecule is Cc1nc(-c2cncc(Oc3ccc(C(C)(C)c4ccc(OC5CC(Nc6ccc7c(c6)C(=O)N(C6CCC(=O)NC6=O)C7=O)C5)cc4)cc3)n2)no1. The van der Waals surface area contributed by atoms with Crippen molar-refractivity contribution in [1.29, 1.82) is 0 Å². The van der Waals surface area contributed by atoms with Crippen LogP contribution in [0, 0.1) is 6.92 Å². The molecule has 3 aromatic carbocycles. The Balaban J connectivity index is 0.839. The molecule has 3 aliphatic rings. The number of fused-ring (bicyclic) bond motifs is 1. The molecular weight excluding hydrogens is 678 g/mol. The van der Waals surface area contributed by atoms with E-state index >= 15 is 0 Å². The van der Waals surface area contributed by atoms with Gasteiger partial charge in [0.1, 0.15) is 29.3 Å². The molecule has 268 valence electrons. The molecule has 0 bridgehead atoms. The highest BCUT2D eigenvalue weighted by molar-refractivity contribution is 6.23. The monoisotopic (exact) mass is 713 g/mol. The molecule has 14 nitrogen and oxygen atoms in total. The van der Waals surface area contributed by atoms with Crippen molar-refractivity contribution >= 4 is 29.3 Å². The van der Waals surface area contributed by atoms with Crippen LogP contribution < -0.4 is 20.1 Å². The van der Waals surface area contributed by atoms with Gasteiger partial charge in [-0.3, -0.25) is 34.4 Å². The van der Waals surface area contributed by atoms with Crippen LogP contribution in [0.5, 0.6) is 17.4 Å². The molecule has 4 heterocycles. The van der Waals surface area contributed by atoms with Crippen LogP contribution in [0.1, 0.15) is 77.3 Å². The fraction of sp³-hybridized carbons (Fsp3) is 0.282. The number of nitrogens with zero attached hydrogens (tertiary/aromatic N) is 5. The Labute approximate surface area is 303 Å². The summed E-state index contributed by atoms with van der Waals surface area (Å²) in [5.74, 6) is 0.424. The van der Waals surface area contributed by atoms with Gasteiger partial charge in [-0.25, -0.2) is 4.98 Å². The van der Waals surface area contributed by atoms with Crippen molar-refractivity contribution in [2.24, 2.45) is 0 Å². The van der Waals surface area contributed by atoms with Gasteiger partial charge < -0.3 is 19.3 Å². The van der Waals surface area contributed by atoms with Gasteiger partial charge in [0.05, 0.1) is 23.5 Å². The van der Waals surface area contributed by atoms with Gasteiger partial charge in [0.2, 0.25) is 29.4 Å². The highest BCUT2D eigenvalue weighted by Gasteiger charge is 2.45. The third kappa shape index (κ3) is 6.59. The van der Waals surface area contributed by atoms with Crippen molar-refractivity contribution in [3.05, 3.63) is 107 Å². The molecular formula is C39H35N7O7. The molecule has 0 spiro atoms. The molecule has 0 radical (unpaired) electrons. The summed E-state index contributed by atoms with van der Waals surface area (Å²) in [4.78, 5) is 63.9. The first-order valence-corrected chi connectivity index (χ1v) is 17.3. The van der Waals surface area contributed by atoms with Crippen molar-refractivity contribution in [1.82, 2.24) is 30.3 Å². The maximum atomic E-state index is 13.2.